The number of nitrogens with one attached hydrogen (secondary N) is 1. The van der Waals surface area contributed by atoms with E-state index in [1.807, 2.05) is 0 Å². The van der Waals surface area contributed by atoms with Crippen LogP contribution in [-0.2, 0) is 17.4 Å². The van der Waals surface area contributed by atoms with Gasteiger partial charge in [-0.05, 0) is 23.8 Å². The van der Waals surface area contributed by atoms with Crippen LogP contribution in [0.3, 0.4) is 0 Å². The van der Waals surface area contributed by atoms with Crippen LogP contribution in [0.2, 0.25) is 0 Å². The largest absolute Gasteiger partial charge is 0.483 e. The summed E-state index contributed by atoms with van der Waals surface area (Å²) in [5, 5.41) is 3.59. The van der Waals surface area contributed by atoms with Gasteiger partial charge < -0.3 is 10.5 Å². The molecular formula is C17H13F3N4O4. The van der Waals surface area contributed by atoms with Crippen LogP contribution >= 0.6 is 0 Å². The molecule has 2 aromatic heterocycles. The number of nitrogens with zero attached hydrogens (tertiary/aromatic N) is 2. The number of pyridine rings is 1. The zero-order valence-corrected chi connectivity index (χ0v) is 14.1. The lowest BCUT2D eigenvalue weighted by molar-refractivity contribution is -0.137. The number of alkyl halides is 3. The lowest BCUT2D eigenvalue weighted by atomic mass is 10.0. The molecule has 0 aliphatic rings. The second kappa shape index (κ2) is 7.55. The van der Waals surface area contributed by atoms with Gasteiger partial charge in [0.05, 0.1) is 16.8 Å². The highest BCUT2D eigenvalue weighted by Gasteiger charge is 2.30. The van der Waals surface area contributed by atoms with Crippen molar-refractivity contribution in [2.75, 3.05) is 6.61 Å². The minimum absolute atomic E-state index is 0.000480. The lowest BCUT2D eigenvalue weighted by Gasteiger charge is -2.13. The number of hydrogen-bond donors (Lipinski definition) is 2. The number of halogens is 3. The molecule has 28 heavy (non-hydrogen) atoms. The van der Waals surface area contributed by atoms with Crippen LogP contribution in [0.15, 0.2) is 45.8 Å². The third-order valence-corrected chi connectivity index (χ3v) is 3.69. The van der Waals surface area contributed by atoms with Gasteiger partial charge in [-0.15, -0.1) is 0 Å². The molecule has 0 saturated heterocycles. The van der Waals surface area contributed by atoms with E-state index >= 15 is 0 Å². The molecule has 0 saturated carbocycles. The van der Waals surface area contributed by atoms with E-state index in [2.05, 4.69) is 19.6 Å². The highest BCUT2D eigenvalue weighted by molar-refractivity contribution is 5.76. The molecule has 1 aromatic carbocycles. The van der Waals surface area contributed by atoms with Gasteiger partial charge >= 0.3 is 11.9 Å². The first-order chi connectivity index (χ1) is 13.2. The van der Waals surface area contributed by atoms with Crippen molar-refractivity contribution in [2.24, 2.45) is 5.73 Å². The minimum Gasteiger partial charge on any atom is -0.483 e. The molecular weight excluding hydrogens is 381 g/mol. The van der Waals surface area contributed by atoms with Crippen LogP contribution in [0, 0.1) is 0 Å². The van der Waals surface area contributed by atoms with Gasteiger partial charge in [0.1, 0.15) is 5.75 Å². The van der Waals surface area contributed by atoms with Crippen LogP contribution in [-0.4, -0.2) is 27.6 Å². The summed E-state index contributed by atoms with van der Waals surface area (Å²) in [5.74, 6) is -1.39. The number of H-pyrrole nitrogens is 1. The van der Waals surface area contributed by atoms with Gasteiger partial charge in [0.2, 0.25) is 0 Å². The topological polar surface area (TPSA) is 124 Å². The normalized spacial score (nSPS) is 11.4. The minimum atomic E-state index is -4.44. The molecule has 11 heteroatoms. The lowest BCUT2D eigenvalue weighted by Crippen LogP contribution is -2.20. The van der Waals surface area contributed by atoms with Crippen LogP contribution in [0.25, 0.3) is 11.4 Å². The Morgan fingerprint density at radius 1 is 1.21 bits per heavy atom. The molecule has 0 aliphatic heterocycles. The first-order valence-corrected chi connectivity index (χ1v) is 7.85. The summed E-state index contributed by atoms with van der Waals surface area (Å²) < 4.78 is 48.0. The first-order valence-electron chi connectivity index (χ1n) is 7.85. The number of carbonyl (C=O) groups is 1. The number of ether oxygens (including phenoxy) is 1. The molecule has 0 radical (unpaired) electrons. The Hall–Kier alpha value is -3.63. The SMILES string of the molecule is NC(=O)COc1ccnc(Cc2ccc(C(F)(F)F)cc2)c1-c1noc(=O)[nH]1. The monoisotopic (exact) mass is 394 g/mol. The number of aromatic amines is 1. The summed E-state index contributed by atoms with van der Waals surface area (Å²) in [6.07, 6.45) is -2.95. The van der Waals surface area contributed by atoms with E-state index in [0.29, 0.717) is 11.3 Å². The van der Waals surface area contributed by atoms with Gasteiger partial charge in [0.15, 0.2) is 12.4 Å². The average molecular weight is 394 g/mol. The number of nitrogens with two attached hydrogens (primary N) is 1. The number of primary amides is 1. The average Bonchev–Trinajstić information content (AvgIpc) is 3.05. The molecule has 146 valence electrons. The molecule has 0 spiro atoms. The number of carbonyl (C=O) groups excluding carboxylic acids is 1. The van der Waals surface area contributed by atoms with Crippen molar-refractivity contribution in [3.63, 3.8) is 0 Å². The van der Waals surface area contributed by atoms with Crippen molar-refractivity contribution in [1.82, 2.24) is 15.1 Å². The fourth-order valence-corrected chi connectivity index (χ4v) is 2.48. The standard InChI is InChI=1S/C17H13F3N4O4/c18-17(19,20)10-3-1-9(2-4-10)7-11-14(15-23-16(26)28-24-15)12(5-6-22-11)27-8-13(21)25/h1-6H,7-8H2,(H2,21,25)(H,23,24,26). The summed E-state index contributed by atoms with van der Waals surface area (Å²) in [6.45, 7) is -0.432. The van der Waals surface area contributed by atoms with E-state index in [9.17, 15) is 22.8 Å². The van der Waals surface area contributed by atoms with Crippen molar-refractivity contribution in [3.05, 3.63) is 63.9 Å². The summed E-state index contributed by atoms with van der Waals surface area (Å²) in [6, 6.07) is 5.98. The predicted octanol–water partition coefficient (Wildman–Crippen LogP) is 1.90. The third-order valence-electron chi connectivity index (χ3n) is 3.69. The Morgan fingerprint density at radius 3 is 2.50 bits per heavy atom. The summed E-state index contributed by atoms with van der Waals surface area (Å²) >= 11 is 0. The molecule has 1 amide bonds. The van der Waals surface area contributed by atoms with E-state index in [0.717, 1.165) is 12.1 Å². The highest BCUT2D eigenvalue weighted by atomic mass is 19.4. The van der Waals surface area contributed by atoms with Crippen molar-refractivity contribution < 1.29 is 27.2 Å². The molecule has 3 aromatic rings. The van der Waals surface area contributed by atoms with Crippen LogP contribution in [0.1, 0.15) is 16.8 Å². The molecule has 0 bridgehead atoms. The van der Waals surface area contributed by atoms with Crippen molar-refractivity contribution in [2.45, 2.75) is 12.6 Å². The maximum absolute atomic E-state index is 12.7. The first kappa shape index (κ1) is 19.1. The maximum atomic E-state index is 12.7. The molecule has 0 unspecified atom stereocenters. The van der Waals surface area contributed by atoms with Crippen molar-refractivity contribution in [1.29, 1.82) is 0 Å². The summed E-state index contributed by atoms with van der Waals surface area (Å²) in [7, 11) is 0. The predicted molar refractivity (Wildman–Crippen MR) is 89.3 cm³/mol. The van der Waals surface area contributed by atoms with Crippen LogP contribution in [0.5, 0.6) is 5.75 Å². The Balaban J connectivity index is 1.99. The highest BCUT2D eigenvalue weighted by Crippen LogP contribution is 2.32. The van der Waals surface area contributed by atoms with E-state index in [-0.39, 0.29) is 23.6 Å². The van der Waals surface area contributed by atoms with Crippen molar-refractivity contribution in [3.8, 4) is 17.1 Å². The second-order valence-corrected chi connectivity index (χ2v) is 5.70. The molecule has 0 atom stereocenters. The molecule has 2 heterocycles. The van der Waals surface area contributed by atoms with E-state index in [4.69, 9.17) is 10.5 Å². The Morgan fingerprint density at radius 2 is 1.93 bits per heavy atom. The van der Waals surface area contributed by atoms with Gasteiger partial charge in [0, 0.05) is 12.6 Å². The number of benzene rings is 1. The fraction of sp³-hybridized carbons (Fsp3) is 0.176. The van der Waals surface area contributed by atoms with Crippen LogP contribution in [0.4, 0.5) is 13.2 Å². The fourth-order valence-electron chi connectivity index (χ4n) is 2.48. The Kier molecular flexibility index (Phi) is 5.16. The zero-order chi connectivity index (χ0) is 20.3. The molecule has 3 N–H and O–H groups in total. The van der Waals surface area contributed by atoms with Gasteiger partial charge in [-0.3, -0.25) is 19.3 Å². The smallest absolute Gasteiger partial charge is 0.439 e. The van der Waals surface area contributed by atoms with Gasteiger partial charge in [0.25, 0.3) is 5.91 Å². The summed E-state index contributed by atoms with van der Waals surface area (Å²) in [5.41, 5.74) is 5.40. The van der Waals surface area contributed by atoms with Crippen LogP contribution < -0.4 is 16.2 Å². The number of rotatable bonds is 6. The second-order valence-electron chi connectivity index (χ2n) is 5.70. The van der Waals surface area contributed by atoms with E-state index in [1.165, 1.54) is 24.4 Å². The Bertz CT molecular complexity index is 1040. The third kappa shape index (κ3) is 4.37. The van der Waals surface area contributed by atoms with Gasteiger partial charge in [-0.2, -0.15) is 13.2 Å². The van der Waals surface area contributed by atoms with Gasteiger partial charge in [-0.25, -0.2) is 4.79 Å². The molecule has 0 aliphatic carbocycles. The molecule has 3 rings (SSSR count). The molecule has 0 fully saturated rings. The summed E-state index contributed by atoms with van der Waals surface area (Å²) in [4.78, 5) is 28.9. The number of hydrogen-bond acceptors (Lipinski definition) is 6. The van der Waals surface area contributed by atoms with E-state index in [1.54, 1.807) is 0 Å². The maximum Gasteiger partial charge on any atom is 0.439 e. The quantitative estimate of drug-likeness (QED) is 0.658. The van der Waals surface area contributed by atoms with Crippen molar-refractivity contribution >= 4 is 5.91 Å². The Labute approximate surface area is 155 Å². The van der Waals surface area contributed by atoms with E-state index < -0.39 is 30.0 Å². The number of aromatic nitrogens is 3. The van der Waals surface area contributed by atoms with Gasteiger partial charge in [-0.1, -0.05) is 17.3 Å². The molecule has 8 nitrogen and oxygen atoms in total. The zero-order valence-electron chi connectivity index (χ0n) is 14.1. The number of amides is 1.